The molecule has 1 fully saturated rings. The summed E-state index contributed by atoms with van der Waals surface area (Å²) in [5, 5.41) is 0. The van der Waals surface area contributed by atoms with Crippen LogP contribution in [0.3, 0.4) is 0 Å². The number of benzene rings is 2. The molecule has 9 heteroatoms. The molecule has 158 valence electrons. The van der Waals surface area contributed by atoms with Gasteiger partial charge in [-0.2, -0.15) is 11.8 Å². The number of anilines is 1. The third-order valence-electron chi connectivity index (χ3n) is 5.21. The third-order valence-corrected chi connectivity index (χ3v) is 8.01. The molecule has 7 nitrogen and oxygen atoms in total. The zero-order chi connectivity index (χ0) is 21.3. The van der Waals surface area contributed by atoms with Crippen molar-refractivity contribution in [2.75, 3.05) is 49.7 Å². The van der Waals surface area contributed by atoms with Crippen molar-refractivity contribution >= 4 is 39.0 Å². The molecule has 30 heavy (non-hydrogen) atoms. The van der Waals surface area contributed by atoms with E-state index in [-0.39, 0.29) is 32.6 Å². The molecule has 0 aromatic heterocycles. The number of methoxy groups -OCH3 is 1. The number of carbonyl (C=O) groups is 1. The molecule has 2 aromatic rings. The van der Waals surface area contributed by atoms with Crippen LogP contribution in [-0.4, -0.2) is 64.9 Å². The van der Waals surface area contributed by atoms with Crippen LogP contribution in [-0.2, 0) is 14.6 Å². The van der Waals surface area contributed by atoms with Gasteiger partial charge in [-0.1, -0.05) is 0 Å². The Morgan fingerprint density at radius 1 is 1.13 bits per heavy atom. The Balaban J connectivity index is 1.79. The summed E-state index contributed by atoms with van der Waals surface area (Å²) in [7, 11) is -2.38. The molecule has 2 aromatic carbocycles. The van der Waals surface area contributed by atoms with Crippen molar-refractivity contribution in [3.8, 4) is 0 Å². The number of ether oxygens (including phenoxy) is 1. The van der Waals surface area contributed by atoms with Gasteiger partial charge in [-0.05, 0) is 36.4 Å². The Labute approximate surface area is 180 Å². The maximum absolute atomic E-state index is 13.3. The summed E-state index contributed by atoms with van der Waals surface area (Å²) in [6, 6.07) is 9.70. The van der Waals surface area contributed by atoms with E-state index in [1.54, 1.807) is 24.3 Å². The van der Waals surface area contributed by atoms with E-state index in [2.05, 4.69) is 9.89 Å². The third kappa shape index (κ3) is 3.61. The number of thioether (sulfide) groups is 1. The summed E-state index contributed by atoms with van der Waals surface area (Å²) in [5.74, 6) is 2.04. The maximum Gasteiger partial charge on any atom is 0.215 e. The topological polar surface area (TPSA) is 102 Å². The van der Waals surface area contributed by atoms with Gasteiger partial charge in [-0.25, -0.2) is 13.4 Å². The molecular weight excluding hydrogens is 422 g/mol. The van der Waals surface area contributed by atoms with E-state index < -0.39 is 9.84 Å². The summed E-state index contributed by atoms with van der Waals surface area (Å²) >= 11 is 1.89. The van der Waals surface area contributed by atoms with Crippen molar-refractivity contribution in [1.29, 1.82) is 0 Å². The predicted octanol–water partition coefficient (Wildman–Crippen LogP) is 1.97. The number of sulfone groups is 1. The van der Waals surface area contributed by atoms with Gasteiger partial charge in [0.2, 0.25) is 15.7 Å². The summed E-state index contributed by atoms with van der Waals surface area (Å²) < 4.78 is 32.0. The smallest absolute Gasteiger partial charge is 0.215 e. The lowest BCUT2D eigenvalue weighted by Gasteiger charge is -2.29. The van der Waals surface area contributed by atoms with Gasteiger partial charge in [-0.3, -0.25) is 4.79 Å². The molecule has 2 aliphatic rings. The van der Waals surface area contributed by atoms with Crippen LogP contribution < -0.4 is 10.6 Å². The van der Waals surface area contributed by atoms with Gasteiger partial charge in [-0.15, -0.1) is 0 Å². The monoisotopic (exact) mass is 445 g/mol. The standard InChI is InChI=1S/C21H23N3O4S2/c1-28-21(23-7-6-22)14-2-4-16-19(12-14)30(26,27)18-5-3-15(13-17(18)20(16)25)24-8-10-29-11-9-24/h2-5,12-13H,6-11,22H2,1H3. The van der Waals surface area contributed by atoms with Crippen molar-refractivity contribution in [2.45, 2.75) is 9.79 Å². The van der Waals surface area contributed by atoms with Gasteiger partial charge < -0.3 is 15.4 Å². The van der Waals surface area contributed by atoms with Gasteiger partial charge >= 0.3 is 0 Å². The lowest BCUT2D eigenvalue weighted by Crippen LogP contribution is -2.32. The van der Waals surface area contributed by atoms with E-state index in [9.17, 15) is 13.2 Å². The average molecular weight is 446 g/mol. The van der Waals surface area contributed by atoms with E-state index in [4.69, 9.17) is 10.5 Å². The number of nitrogens with zero attached hydrogens (tertiary/aromatic N) is 2. The normalized spacial score (nSPS) is 18.0. The number of ketones is 1. The molecule has 0 atom stereocenters. The van der Waals surface area contributed by atoms with Crippen molar-refractivity contribution < 1.29 is 17.9 Å². The highest BCUT2D eigenvalue weighted by atomic mass is 32.2. The molecule has 0 saturated carbocycles. The molecule has 1 saturated heterocycles. The van der Waals surface area contributed by atoms with Gasteiger partial charge in [0.1, 0.15) is 0 Å². The summed E-state index contributed by atoms with van der Waals surface area (Å²) in [5.41, 5.74) is 7.27. The fraction of sp³-hybridized carbons (Fsp3) is 0.333. The number of rotatable bonds is 4. The largest absolute Gasteiger partial charge is 0.481 e. The first-order chi connectivity index (χ1) is 14.5. The molecule has 0 spiro atoms. The molecule has 0 unspecified atom stereocenters. The van der Waals surface area contributed by atoms with Gasteiger partial charge in [0.15, 0.2) is 5.78 Å². The van der Waals surface area contributed by atoms with E-state index in [0.29, 0.717) is 18.7 Å². The number of hydrogen-bond donors (Lipinski definition) is 1. The highest BCUT2D eigenvalue weighted by Gasteiger charge is 2.35. The minimum absolute atomic E-state index is 0.0166. The Morgan fingerprint density at radius 2 is 1.90 bits per heavy atom. The Hall–Kier alpha value is -2.36. The molecular formula is C21H23N3O4S2. The number of nitrogens with two attached hydrogens (primary N) is 1. The second-order valence-corrected chi connectivity index (χ2v) is 10.1. The van der Waals surface area contributed by atoms with Crippen LogP contribution >= 0.6 is 11.8 Å². The molecule has 2 aliphatic heterocycles. The van der Waals surface area contributed by atoms with Crippen LogP contribution in [0, 0.1) is 0 Å². The molecule has 4 rings (SSSR count). The quantitative estimate of drug-likeness (QED) is 0.484. The minimum atomic E-state index is -3.85. The SMILES string of the molecule is COC(=NCCN)c1ccc2c(c1)S(=O)(=O)c1ccc(N3CCSCC3)cc1C2=O. The second kappa shape index (κ2) is 8.41. The van der Waals surface area contributed by atoms with E-state index in [1.165, 1.54) is 19.2 Å². The summed E-state index contributed by atoms with van der Waals surface area (Å²) in [6.07, 6.45) is 0. The minimum Gasteiger partial charge on any atom is -0.481 e. The lowest BCUT2D eigenvalue weighted by atomic mass is 10.00. The number of carbonyl (C=O) groups excluding carboxylic acids is 1. The molecule has 2 heterocycles. The Morgan fingerprint density at radius 3 is 2.60 bits per heavy atom. The Kier molecular flexibility index (Phi) is 5.86. The molecule has 2 N–H and O–H groups in total. The van der Waals surface area contributed by atoms with Crippen LogP contribution in [0.15, 0.2) is 51.2 Å². The van der Waals surface area contributed by atoms with Crippen LogP contribution in [0.5, 0.6) is 0 Å². The van der Waals surface area contributed by atoms with Crippen LogP contribution in [0.2, 0.25) is 0 Å². The highest BCUT2D eigenvalue weighted by Crippen LogP contribution is 2.37. The molecule has 0 bridgehead atoms. The number of hydrogen-bond acceptors (Lipinski definition) is 8. The first kappa shape index (κ1) is 20.9. The fourth-order valence-electron chi connectivity index (χ4n) is 3.72. The van der Waals surface area contributed by atoms with E-state index >= 15 is 0 Å². The van der Waals surface area contributed by atoms with E-state index in [1.807, 2.05) is 11.8 Å². The second-order valence-electron chi connectivity index (χ2n) is 7.00. The average Bonchev–Trinajstić information content (AvgIpc) is 2.78. The zero-order valence-electron chi connectivity index (χ0n) is 16.6. The van der Waals surface area contributed by atoms with Gasteiger partial charge in [0.25, 0.3) is 0 Å². The maximum atomic E-state index is 13.3. The zero-order valence-corrected chi connectivity index (χ0v) is 18.3. The number of fused-ring (bicyclic) bond motifs is 2. The fourth-order valence-corrected chi connectivity index (χ4v) is 6.28. The molecule has 0 amide bonds. The van der Waals surface area contributed by atoms with Crippen LogP contribution in [0.1, 0.15) is 21.5 Å². The van der Waals surface area contributed by atoms with Gasteiger partial charge in [0, 0.05) is 53.5 Å². The molecule has 0 radical (unpaired) electrons. The predicted molar refractivity (Wildman–Crippen MR) is 119 cm³/mol. The Bertz CT molecular complexity index is 1120. The summed E-state index contributed by atoms with van der Waals surface area (Å²) in [6.45, 7) is 2.46. The first-order valence-electron chi connectivity index (χ1n) is 9.67. The first-order valence-corrected chi connectivity index (χ1v) is 12.3. The summed E-state index contributed by atoms with van der Waals surface area (Å²) in [4.78, 5) is 19.6. The highest BCUT2D eigenvalue weighted by molar-refractivity contribution is 7.99. The van der Waals surface area contributed by atoms with Crippen LogP contribution in [0.4, 0.5) is 5.69 Å². The van der Waals surface area contributed by atoms with Crippen molar-refractivity contribution in [1.82, 2.24) is 0 Å². The van der Waals surface area contributed by atoms with E-state index in [0.717, 1.165) is 30.3 Å². The van der Waals surface area contributed by atoms with Crippen LogP contribution in [0.25, 0.3) is 0 Å². The van der Waals surface area contributed by atoms with Gasteiger partial charge in [0.05, 0.1) is 23.4 Å². The van der Waals surface area contributed by atoms with Crippen molar-refractivity contribution in [3.63, 3.8) is 0 Å². The van der Waals surface area contributed by atoms with Crippen molar-refractivity contribution in [3.05, 3.63) is 53.1 Å². The molecule has 0 aliphatic carbocycles. The van der Waals surface area contributed by atoms with Crippen molar-refractivity contribution in [2.24, 2.45) is 10.7 Å². The number of aliphatic imine (C=N–C) groups is 1. The lowest BCUT2D eigenvalue weighted by molar-refractivity contribution is 0.103.